The molecule has 0 aliphatic heterocycles. The van der Waals surface area contributed by atoms with E-state index in [-0.39, 0.29) is 29.4 Å². The minimum atomic E-state index is 0. The Morgan fingerprint density at radius 3 is 2.17 bits per heavy atom. The van der Waals surface area contributed by atoms with Crippen molar-refractivity contribution < 1.29 is 4.74 Å². The van der Waals surface area contributed by atoms with Crippen LogP contribution >= 0.6 is 24.0 Å². The first-order valence-corrected chi connectivity index (χ1v) is 7.92. The molecule has 1 rings (SSSR count). The number of nitrogens with zero attached hydrogens (tertiary/aromatic N) is 1. The molecule has 0 aliphatic carbocycles. The van der Waals surface area contributed by atoms with Crippen LogP contribution in [0.3, 0.4) is 0 Å². The van der Waals surface area contributed by atoms with Crippen LogP contribution < -0.4 is 15.4 Å². The summed E-state index contributed by atoms with van der Waals surface area (Å²) in [5.74, 6) is 2.30. The summed E-state index contributed by atoms with van der Waals surface area (Å²) in [5.41, 5.74) is 1.28. The first-order valence-electron chi connectivity index (χ1n) is 7.92. The van der Waals surface area contributed by atoms with Crippen LogP contribution in [0.5, 0.6) is 5.75 Å². The van der Waals surface area contributed by atoms with E-state index >= 15 is 0 Å². The van der Waals surface area contributed by atoms with Crippen LogP contribution in [0.4, 0.5) is 0 Å². The van der Waals surface area contributed by atoms with Crippen LogP contribution in [0.2, 0.25) is 0 Å². The molecule has 4 nitrogen and oxygen atoms in total. The van der Waals surface area contributed by atoms with Crippen molar-refractivity contribution in [3.8, 4) is 5.75 Å². The summed E-state index contributed by atoms with van der Waals surface area (Å²) in [6.45, 7) is 11.8. The second kappa shape index (κ2) is 10.0. The number of nitrogens with one attached hydrogen (secondary N) is 2. The quantitative estimate of drug-likeness (QED) is 0.408. The second-order valence-corrected chi connectivity index (χ2v) is 6.72. The molecule has 2 N–H and O–H groups in total. The summed E-state index contributed by atoms with van der Waals surface area (Å²) >= 11 is 0. The van der Waals surface area contributed by atoms with Crippen molar-refractivity contribution in [3.05, 3.63) is 29.8 Å². The Morgan fingerprint density at radius 2 is 1.74 bits per heavy atom. The van der Waals surface area contributed by atoms with Gasteiger partial charge in [0.05, 0.1) is 7.11 Å². The number of halogens is 1. The first-order chi connectivity index (χ1) is 10.3. The summed E-state index contributed by atoms with van der Waals surface area (Å²) in [6, 6.07) is 8.63. The van der Waals surface area contributed by atoms with Crippen molar-refractivity contribution in [1.29, 1.82) is 0 Å². The number of ether oxygens (including phenoxy) is 1. The zero-order valence-electron chi connectivity index (χ0n) is 15.4. The lowest BCUT2D eigenvalue weighted by atomic mass is 9.84. The molecule has 0 fully saturated rings. The molecule has 0 amide bonds. The Bertz CT molecular complexity index is 484. The molecule has 0 aliphatic rings. The van der Waals surface area contributed by atoms with Crippen LogP contribution in [0.25, 0.3) is 0 Å². The third kappa shape index (κ3) is 6.97. The fourth-order valence-corrected chi connectivity index (χ4v) is 2.03. The van der Waals surface area contributed by atoms with E-state index in [1.165, 1.54) is 5.56 Å². The number of aliphatic imine (C=N–C) groups is 1. The van der Waals surface area contributed by atoms with Crippen LogP contribution in [0.1, 0.15) is 40.2 Å². The first kappa shape index (κ1) is 22.0. The predicted octanol–water partition coefficient (Wildman–Crippen LogP) is 3.80. The Labute approximate surface area is 158 Å². The highest BCUT2D eigenvalue weighted by atomic mass is 127. The summed E-state index contributed by atoms with van der Waals surface area (Å²) < 4.78 is 5.22. The zero-order chi connectivity index (χ0) is 16.8. The normalized spacial score (nSPS) is 13.3. The highest BCUT2D eigenvalue weighted by molar-refractivity contribution is 14.0. The maximum absolute atomic E-state index is 5.22. The molecule has 0 spiro atoms. The van der Waals surface area contributed by atoms with Gasteiger partial charge in [-0.1, -0.05) is 39.8 Å². The van der Waals surface area contributed by atoms with E-state index < -0.39 is 0 Å². The Hall–Kier alpha value is -0.980. The maximum Gasteiger partial charge on any atom is 0.191 e. The molecular formula is C18H32IN3O. The van der Waals surface area contributed by atoms with Gasteiger partial charge < -0.3 is 15.4 Å². The number of methoxy groups -OCH3 is 1. The summed E-state index contributed by atoms with van der Waals surface area (Å²) in [4.78, 5) is 4.31. The molecule has 0 saturated carbocycles. The minimum absolute atomic E-state index is 0. The highest BCUT2D eigenvalue weighted by Gasteiger charge is 2.21. The van der Waals surface area contributed by atoms with E-state index in [0.717, 1.165) is 18.3 Å². The number of benzene rings is 1. The predicted molar refractivity (Wildman–Crippen MR) is 110 cm³/mol. The van der Waals surface area contributed by atoms with E-state index in [1.807, 2.05) is 19.2 Å². The molecule has 0 aromatic heterocycles. The van der Waals surface area contributed by atoms with Crippen molar-refractivity contribution in [2.45, 2.75) is 46.1 Å². The van der Waals surface area contributed by atoms with E-state index in [0.29, 0.717) is 12.0 Å². The van der Waals surface area contributed by atoms with Gasteiger partial charge in [-0.05, 0) is 30.5 Å². The van der Waals surface area contributed by atoms with Gasteiger partial charge in [0, 0.05) is 25.0 Å². The van der Waals surface area contributed by atoms with Gasteiger partial charge in [0.25, 0.3) is 0 Å². The Kier molecular flexibility index (Phi) is 9.58. The zero-order valence-corrected chi connectivity index (χ0v) is 17.8. The minimum Gasteiger partial charge on any atom is -0.497 e. The van der Waals surface area contributed by atoms with Gasteiger partial charge in [0.15, 0.2) is 5.96 Å². The van der Waals surface area contributed by atoms with Crippen LogP contribution in [0, 0.1) is 5.92 Å². The van der Waals surface area contributed by atoms with Crippen molar-refractivity contribution in [2.24, 2.45) is 10.9 Å². The van der Waals surface area contributed by atoms with Gasteiger partial charge in [-0.25, -0.2) is 0 Å². The molecule has 0 saturated heterocycles. The molecule has 0 heterocycles. The monoisotopic (exact) mass is 433 g/mol. The van der Waals surface area contributed by atoms with E-state index in [4.69, 9.17) is 4.74 Å². The average molecular weight is 433 g/mol. The molecule has 1 unspecified atom stereocenters. The Balaban J connectivity index is 0.00000484. The number of guanidine groups is 1. The van der Waals surface area contributed by atoms with Gasteiger partial charge in [-0.2, -0.15) is 0 Å². The molecule has 23 heavy (non-hydrogen) atoms. The van der Waals surface area contributed by atoms with Crippen molar-refractivity contribution in [3.63, 3.8) is 0 Å². The molecular weight excluding hydrogens is 401 g/mol. The lowest BCUT2D eigenvalue weighted by molar-refractivity contribution is 0.413. The largest absolute Gasteiger partial charge is 0.497 e. The third-order valence-corrected chi connectivity index (χ3v) is 4.16. The molecule has 0 bridgehead atoms. The maximum atomic E-state index is 5.22. The molecule has 5 heteroatoms. The third-order valence-electron chi connectivity index (χ3n) is 4.16. The molecule has 1 aromatic rings. The fraction of sp³-hybridized carbons (Fsp3) is 0.611. The van der Waals surface area contributed by atoms with Crippen LogP contribution in [-0.2, 0) is 5.41 Å². The summed E-state index contributed by atoms with van der Waals surface area (Å²) in [6.07, 6.45) is 0. The van der Waals surface area contributed by atoms with Gasteiger partial charge in [-0.15, -0.1) is 24.0 Å². The second-order valence-electron chi connectivity index (χ2n) is 6.72. The lowest BCUT2D eigenvalue weighted by Gasteiger charge is -2.28. The molecule has 1 aromatic carbocycles. The SMILES string of the molecule is CN=C(NCC(C)(C)c1ccc(OC)cc1)NC(C)C(C)C.I. The Morgan fingerprint density at radius 1 is 1.17 bits per heavy atom. The van der Waals surface area contributed by atoms with Crippen LogP contribution in [0.15, 0.2) is 29.3 Å². The lowest BCUT2D eigenvalue weighted by Crippen LogP contribution is -2.47. The molecule has 1 atom stereocenters. The van der Waals surface area contributed by atoms with Crippen molar-refractivity contribution in [1.82, 2.24) is 10.6 Å². The van der Waals surface area contributed by atoms with Gasteiger partial charge >= 0.3 is 0 Å². The molecule has 132 valence electrons. The summed E-state index contributed by atoms with van der Waals surface area (Å²) in [7, 11) is 3.50. The highest BCUT2D eigenvalue weighted by Crippen LogP contribution is 2.24. The van der Waals surface area contributed by atoms with E-state index in [1.54, 1.807) is 7.11 Å². The summed E-state index contributed by atoms with van der Waals surface area (Å²) in [5, 5.41) is 6.86. The van der Waals surface area contributed by atoms with Crippen molar-refractivity contribution in [2.75, 3.05) is 20.7 Å². The standard InChI is InChI=1S/C18H31N3O.HI/c1-13(2)14(3)21-17(19-6)20-12-18(4,5)15-8-10-16(22-7)11-9-15;/h8-11,13-14H,12H2,1-7H3,(H2,19,20,21);1H. The topological polar surface area (TPSA) is 45.7 Å². The smallest absolute Gasteiger partial charge is 0.191 e. The molecule has 0 radical (unpaired) electrons. The van der Waals surface area contributed by atoms with Gasteiger partial charge in [0.2, 0.25) is 0 Å². The van der Waals surface area contributed by atoms with Crippen LogP contribution in [-0.4, -0.2) is 32.7 Å². The number of hydrogen-bond donors (Lipinski definition) is 2. The van der Waals surface area contributed by atoms with E-state index in [9.17, 15) is 0 Å². The fourth-order valence-electron chi connectivity index (χ4n) is 2.03. The number of hydrogen-bond acceptors (Lipinski definition) is 2. The van der Waals surface area contributed by atoms with Gasteiger partial charge in [0.1, 0.15) is 5.75 Å². The van der Waals surface area contributed by atoms with Crippen molar-refractivity contribution >= 4 is 29.9 Å². The van der Waals surface area contributed by atoms with E-state index in [2.05, 4.69) is 62.4 Å². The average Bonchev–Trinajstić information content (AvgIpc) is 2.51. The number of rotatable bonds is 6. The van der Waals surface area contributed by atoms with Gasteiger partial charge in [-0.3, -0.25) is 4.99 Å².